The average Bonchev–Trinajstić information content (AvgIpc) is 2.80. The van der Waals surface area contributed by atoms with Gasteiger partial charge in [0.25, 0.3) is 11.4 Å². The highest BCUT2D eigenvalue weighted by atomic mass is 79.9. The molecule has 2 aromatic rings. The molecule has 0 bridgehead atoms. The summed E-state index contributed by atoms with van der Waals surface area (Å²) in [6, 6.07) is 3.22. The lowest BCUT2D eigenvalue weighted by atomic mass is 10.2. The number of esters is 1. The molecule has 1 aromatic carbocycles. The molecule has 0 spiro atoms. The molecule has 2 rings (SSSR count). The molecule has 0 aliphatic carbocycles. The smallest absolute Gasteiger partial charge is 0.359 e. The molecule has 0 saturated heterocycles. The van der Waals surface area contributed by atoms with Gasteiger partial charge in [0.1, 0.15) is 5.69 Å². The van der Waals surface area contributed by atoms with Crippen molar-refractivity contribution < 1.29 is 19.4 Å². The van der Waals surface area contributed by atoms with Gasteiger partial charge in [-0.15, -0.1) is 0 Å². The van der Waals surface area contributed by atoms with E-state index in [4.69, 9.17) is 4.74 Å². The number of imidazole rings is 1. The molecule has 1 heterocycles. The molecule has 132 valence electrons. The number of nitro groups is 2. The van der Waals surface area contributed by atoms with Gasteiger partial charge in [0.2, 0.25) is 0 Å². The van der Waals surface area contributed by atoms with Crippen LogP contribution in [0, 0.1) is 27.2 Å². The van der Waals surface area contributed by atoms with Crippen LogP contribution in [0.1, 0.15) is 30.0 Å². The Labute approximate surface area is 149 Å². The lowest BCUT2D eigenvalue weighted by Gasteiger charge is -2.09. The number of nitro benzene ring substituents is 2. The van der Waals surface area contributed by atoms with Gasteiger partial charge in [0.15, 0.2) is 10.4 Å². The monoisotopic (exact) mass is 412 g/mol. The molecular formula is C14H13BrN4O6. The Hall–Kier alpha value is -2.82. The molecule has 0 aliphatic rings. The normalized spacial score (nSPS) is 10.8. The van der Waals surface area contributed by atoms with Crippen LogP contribution in [-0.2, 0) is 4.74 Å². The van der Waals surface area contributed by atoms with E-state index in [0.717, 1.165) is 12.1 Å². The molecule has 0 amide bonds. The summed E-state index contributed by atoms with van der Waals surface area (Å²) in [5.74, 6) is -0.670. The third kappa shape index (κ3) is 3.65. The number of carbonyl (C=O) groups is 1. The zero-order valence-electron chi connectivity index (χ0n) is 13.4. The lowest BCUT2D eigenvalue weighted by molar-refractivity contribution is -0.394. The van der Waals surface area contributed by atoms with Crippen molar-refractivity contribution >= 4 is 33.3 Å². The minimum Gasteiger partial charge on any atom is -0.458 e. The topological polar surface area (TPSA) is 130 Å². The fourth-order valence-electron chi connectivity index (χ4n) is 2.17. The molecular weight excluding hydrogens is 400 g/mol. The predicted molar refractivity (Wildman–Crippen MR) is 89.9 cm³/mol. The molecule has 10 nitrogen and oxygen atoms in total. The van der Waals surface area contributed by atoms with Crippen molar-refractivity contribution in [3.8, 4) is 5.69 Å². The van der Waals surface area contributed by atoms with Gasteiger partial charge in [-0.05, 0) is 42.8 Å². The van der Waals surface area contributed by atoms with E-state index in [9.17, 15) is 25.0 Å². The predicted octanol–water partition coefficient (Wildman–Crippen LogP) is 3.32. The molecule has 0 saturated carbocycles. The molecule has 1 aromatic heterocycles. The number of hydrogen-bond donors (Lipinski definition) is 0. The van der Waals surface area contributed by atoms with E-state index < -0.39 is 27.2 Å². The summed E-state index contributed by atoms with van der Waals surface area (Å²) >= 11 is 3.16. The van der Waals surface area contributed by atoms with Crippen molar-refractivity contribution in [3.63, 3.8) is 0 Å². The van der Waals surface area contributed by atoms with Crippen LogP contribution in [0.2, 0.25) is 0 Å². The molecule has 0 unspecified atom stereocenters. The Bertz CT molecular complexity index is 876. The first-order valence-electron chi connectivity index (χ1n) is 7.02. The van der Waals surface area contributed by atoms with Crippen molar-refractivity contribution in [1.29, 1.82) is 0 Å². The van der Waals surface area contributed by atoms with Gasteiger partial charge in [0, 0.05) is 6.07 Å². The summed E-state index contributed by atoms with van der Waals surface area (Å²) in [5.41, 5.74) is -0.568. The van der Waals surface area contributed by atoms with Crippen LogP contribution in [0.15, 0.2) is 22.9 Å². The quantitative estimate of drug-likeness (QED) is 0.417. The van der Waals surface area contributed by atoms with Gasteiger partial charge in [-0.3, -0.25) is 24.8 Å². The van der Waals surface area contributed by atoms with Gasteiger partial charge < -0.3 is 4.74 Å². The van der Waals surface area contributed by atoms with Gasteiger partial charge in [-0.1, -0.05) is 0 Å². The van der Waals surface area contributed by atoms with E-state index in [1.54, 1.807) is 20.8 Å². The number of hydrogen-bond acceptors (Lipinski definition) is 7. The van der Waals surface area contributed by atoms with Crippen molar-refractivity contribution in [3.05, 3.63) is 54.5 Å². The number of ether oxygens (including phenoxy) is 1. The third-order valence-corrected chi connectivity index (χ3v) is 3.74. The number of aromatic nitrogens is 2. The molecule has 0 N–H and O–H groups in total. The maximum absolute atomic E-state index is 12.1. The van der Waals surface area contributed by atoms with Crippen LogP contribution in [0.3, 0.4) is 0 Å². The van der Waals surface area contributed by atoms with Crippen LogP contribution >= 0.6 is 15.9 Å². The first kappa shape index (κ1) is 18.5. The second-order valence-corrected chi connectivity index (χ2v) is 6.00. The van der Waals surface area contributed by atoms with E-state index in [1.807, 2.05) is 0 Å². The molecule has 11 heteroatoms. The summed E-state index contributed by atoms with van der Waals surface area (Å²) in [6.45, 7) is 4.90. The maximum atomic E-state index is 12.1. The number of halogens is 1. The fraction of sp³-hybridized carbons (Fsp3) is 0.286. The van der Waals surface area contributed by atoms with Crippen LogP contribution in [0.25, 0.3) is 5.69 Å². The Kier molecular flexibility index (Phi) is 5.16. The summed E-state index contributed by atoms with van der Waals surface area (Å²) in [6.07, 6.45) is -0.357. The molecule has 0 aliphatic heterocycles. The van der Waals surface area contributed by atoms with Crippen molar-refractivity contribution in [2.45, 2.75) is 26.9 Å². The van der Waals surface area contributed by atoms with E-state index in [-0.39, 0.29) is 22.2 Å². The molecule has 0 radical (unpaired) electrons. The Morgan fingerprint density at radius 3 is 2.44 bits per heavy atom. The fourth-order valence-corrected chi connectivity index (χ4v) is 2.81. The summed E-state index contributed by atoms with van der Waals surface area (Å²) < 4.78 is 6.55. The van der Waals surface area contributed by atoms with Crippen LogP contribution in [0.4, 0.5) is 11.4 Å². The molecule has 0 fully saturated rings. The number of rotatable bonds is 5. The lowest BCUT2D eigenvalue weighted by Crippen LogP contribution is -2.13. The first-order chi connectivity index (χ1) is 11.6. The van der Waals surface area contributed by atoms with Gasteiger partial charge in [-0.2, -0.15) is 0 Å². The van der Waals surface area contributed by atoms with E-state index in [0.29, 0.717) is 5.69 Å². The Balaban J connectivity index is 2.63. The van der Waals surface area contributed by atoms with E-state index >= 15 is 0 Å². The van der Waals surface area contributed by atoms with Crippen molar-refractivity contribution in [2.24, 2.45) is 0 Å². The third-order valence-electron chi connectivity index (χ3n) is 3.21. The Morgan fingerprint density at radius 2 is 1.92 bits per heavy atom. The van der Waals surface area contributed by atoms with Gasteiger partial charge >= 0.3 is 5.97 Å². The second-order valence-electron chi connectivity index (χ2n) is 5.29. The van der Waals surface area contributed by atoms with Crippen LogP contribution < -0.4 is 0 Å². The minimum absolute atomic E-state index is 0.00627. The van der Waals surface area contributed by atoms with Crippen LogP contribution in [0.5, 0.6) is 0 Å². The van der Waals surface area contributed by atoms with Crippen LogP contribution in [-0.4, -0.2) is 31.5 Å². The first-order valence-corrected chi connectivity index (χ1v) is 7.81. The van der Waals surface area contributed by atoms with Crippen molar-refractivity contribution in [2.75, 3.05) is 0 Å². The Morgan fingerprint density at radius 1 is 1.28 bits per heavy atom. The zero-order valence-corrected chi connectivity index (χ0v) is 15.0. The highest BCUT2D eigenvalue weighted by Crippen LogP contribution is 2.32. The maximum Gasteiger partial charge on any atom is 0.359 e. The zero-order chi connectivity index (χ0) is 18.9. The van der Waals surface area contributed by atoms with E-state index in [2.05, 4.69) is 20.9 Å². The SMILES string of the molecule is Cc1c(C(=O)OC(C)C)nc(Br)n1-c1ccc([N+](=O)[O-])cc1[N+](=O)[O-]. The molecule has 25 heavy (non-hydrogen) atoms. The molecule has 0 atom stereocenters. The van der Waals surface area contributed by atoms with Gasteiger partial charge in [0.05, 0.1) is 27.7 Å². The number of benzene rings is 1. The minimum atomic E-state index is -0.736. The highest BCUT2D eigenvalue weighted by Gasteiger charge is 2.27. The van der Waals surface area contributed by atoms with Crippen molar-refractivity contribution in [1.82, 2.24) is 9.55 Å². The summed E-state index contributed by atoms with van der Waals surface area (Å²) in [7, 11) is 0. The largest absolute Gasteiger partial charge is 0.458 e. The number of carbonyl (C=O) groups excluding carboxylic acids is 1. The van der Waals surface area contributed by atoms with E-state index in [1.165, 1.54) is 10.6 Å². The average molecular weight is 413 g/mol. The number of nitrogens with zero attached hydrogens (tertiary/aromatic N) is 4. The summed E-state index contributed by atoms with van der Waals surface area (Å²) in [4.78, 5) is 36.8. The second kappa shape index (κ2) is 6.97. The highest BCUT2D eigenvalue weighted by molar-refractivity contribution is 9.10. The summed E-state index contributed by atoms with van der Waals surface area (Å²) in [5, 5.41) is 22.2. The number of non-ortho nitro benzene ring substituents is 1. The van der Waals surface area contributed by atoms with Gasteiger partial charge in [-0.25, -0.2) is 9.78 Å². The standard InChI is InChI=1S/C14H13BrN4O6/c1-7(2)25-13(20)12-8(3)17(14(15)16-12)10-5-4-9(18(21)22)6-11(10)19(23)24/h4-7H,1-3H3.